The van der Waals surface area contributed by atoms with E-state index in [1.165, 1.54) is 12.1 Å². The molecule has 128 valence electrons. The number of nitrogens with one attached hydrogen (secondary N) is 1. The van der Waals surface area contributed by atoms with Crippen molar-refractivity contribution in [2.45, 2.75) is 11.8 Å². The first kappa shape index (κ1) is 17.5. The molecule has 0 amide bonds. The molecule has 0 aliphatic rings. The minimum Gasteiger partial charge on any atom is -0.457 e. The molecule has 0 heterocycles. The first-order valence-electron chi connectivity index (χ1n) is 7.56. The summed E-state index contributed by atoms with van der Waals surface area (Å²) < 4.78 is 34.3. The van der Waals surface area contributed by atoms with Gasteiger partial charge in [-0.25, -0.2) is 8.42 Å². The average molecular weight is 418 g/mol. The third-order valence-electron chi connectivity index (χ3n) is 3.57. The molecule has 0 aromatic heterocycles. The Bertz CT molecular complexity index is 968. The summed E-state index contributed by atoms with van der Waals surface area (Å²) in [4.78, 5) is 0.180. The fourth-order valence-corrected chi connectivity index (χ4v) is 3.61. The molecule has 0 unspecified atom stereocenters. The van der Waals surface area contributed by atoms with Crippen molar-refractivity contribution in [3.63, 3.8) is 0 Å². The fourth-order valence-electron chi connectivity index (χ4n) is 2.22. The molecule has 0 aliphatic heterocycles. The van der Waals surface area contributed by atoms with Gasteiger partial charge in [0, 0.05) is 4.47 Å². The van der Waals surface area contributed by atoms with Crippen LogP contribution in [0.15, 0.2) is 82.2 Å². The van der Waals surface area contributed by atoms with Gasteiger partial charge >= 0.3 is 0 Å². The number of benzene rings is 3. The summed E-state index contributed by atoms with van der Waals surface area (Å²) in [6.45, 7) is 1.85. The quantitative estimate of drug-likeness (QED) is 0.608. The Labute approximate surface area is 155 Å². The van der Waals surface area contributed by atoms with E-state index >= 15 is 0 Å². The van der Waals surface area contributed by atoms with E-state index in [2.05, 4.69) is 20.7 Å². The number of hydrogen-bond acceptors (Lipinski definition) is 3. The monoisotopic (exact) mass is 417 g/mol. The average Bonchev–Trinajstić information content (AvgIpc) is 2.59. The van der Waals surface area contributed by atoms with E-state index in [-0.39, 0.29) is 4.90 Å². The van der Waals surface area contributed by atoms with Crippen LogP contribution in [0.2, 0.25) is 0 Å². The summed E-state index contributed by atoms with van der Waals surface area (Å²) in [5, 5.41) is 0. The van der Waals surface area contributed by atoms with Crippen LogP contribution in [0.25, 0.3) is 0 Å². The van der Waals surface area contributed by atoms with Gasteiger partial charge in [0.25, 0.3) is 10.0 Å². The van der Waals surface area contributed by atoms with Crippen molar-refractivity contribution in [1.29, 1.82) is 0 Å². The SMILES string of the molecule is Cc1ccccc1NS(=O)(=O)c1ccc(Oc2ccc(Br)cc2)cc1. The van der Waals surface area contributed by atoms with Crippen LogP contribution in [-0.4, -0.2) is 8.42 Å². The van der Waals surface area contributed by atoms with Gasteiger partial charge in [0.15, 0.2) is 0 Å². The summed E-state index contributed by atoms with van der Waals surface area (Å²) in [6.07, 6.45) is 0. The van der Waals surface area contributed by atoms with E-state index in [0.29, 0.717) is 17.2 Å². The van der Waals surface area contributed by atoms with E-state index < -0.39 is 10.0 Å². The number of aryl methyl sites for hydroxylation is 1. The Kier molecular flexibility index (Phi) is 5.11. The Hall–Kier alpha value is -2.31. The van der Waals surface area contributed by atoms with Gasteiger partial charge in [0.1, 0.15) is 11.5 Å². The standard InChI is InChI=1S/C19H16BrNO3S/c1-14-4-2-3-5-19(14)21-25(22,23)18-12-10-17(11-13-18)24-16-8-6-15(20)7-9-16/h2-13,21H,1H3. The van der Waals surface area contributed by atoms with Crippen LogP contribution in [0.3, 0.4) is 0 Å². The maximum Gasteiger partial charge on any atom is 0.261 e. The van der Waals surface area contributed by atoms with Crippen molar-refractivity contribution in [2.75, 3.05) is 4.72 Å². The van der Waals surface area contributed by atoms with Crippen molar-refractivity contribution in [1.82, 2.24) is 0 Å². The molecule has 0 spiro atoms. The number of halogens is 1. The van der Waals surface area contributed by atoms with Crippen molar-refractivity contribution < 1.29 is 13.2 Å². The molecular weight excluding hydrogens is 402 g/mol. The Balaban J connectivity index is 1.77. The van der Waals surface area contributed by atoms with Crippen LogP contribution < -0.4 is 9.46 Å². The molecule has 0 saturated heterocycles. The van der Waals surface area contributed by atoms with Gasteiger partial charge in [0.05, 0.1) is 10.6 Å². The molecule has 0 radical (unpaired) electrons. The summed E-state index contributed by atoms with van der Waals surface area (Å²) in [5.74, 6) is 1.24. The number of sulfonamides is 1. The molecular formula is C19H16BrNO3S. The van der Waals surface area contributed by atoms with Gasteiger partial charge in [0.2, 0.25) is 0 Å². The second-order valence-corrected chi connectivity index (χ2v) is 8.05. The van der Waals surface area contributed by atoms with Crippen molar-refractivity contribution in [3.05, 3.63) is 82.8 Å². The molecule has 0 bridgehead atoms. The largest absolute Gasteiger partial charge is 0.457 e. The van der Waals surface area contributed by atoms with E-state index in [1.54, 1.807) is 24.3 Å². The molecule has 3 aromatic carbocycles. The highest BCUT2D eigenvalue weighted by Crippen LogP contribution is 2.25. The highest BCUT2D eigenvalue weighted by Gasteiger charge is 2.15. The zero-order chi connectivity index (χ0) is 17.9. The predicted octanol–water partition coefficient (Wildman–Crippen LogP) is 5.35. The summed E-state index contributed by atoms with van der Waals surface area (Å²) in [7, 11) is -3.64. The molecule has 0 atom stereocenters. The number of hydrogen-bond donors (Lipinski definition) is 1. The zero-order valence-corrected chi connectivity index (χ0v) is 15.8. The van der Waals surface area contributed by atoms with Gasteiger partial charge in [-0.05, 0) is 67.1 Å². The Morgan fingerprint density at radius 1 is 0.840 bits per heavy atom. The Morgan fingerprint density at radius 3 is 2.00 bits per heavy atom. The summed E-state index contributed by atoms with van der Waals surface area (Å²) >= 11 is 3.37. The second kappa shape index (κ2) is 7.29. The topological polar surface area (TPSA) is 55.4 Å². The van der Waals surface area contributed by atoms with Crippen LogP contribution in [0.5, 0.6) is 11.5 Å². The lowest BCUT2D eigenvalue weighted by molar-refractivity contribution is 0.482. The zero-order valence-electron chi connectivity index (χ0n) is 13.4. The maximum atomic E-state index is 12.5. The molecule has 0 fully saturated rings. The van der Waals surface area contributed by atoms with Crippen molar-refractivity contribution in [3.8, 4) is 11.5 Å². The molecule has 3 rings (SSSR count). The van der Waals surface area contributed by atoms with Gasteiger partial charge in [-0.15, -0.1) is 0 Å². The lowest BCUT2D eigenvalue weighted by atomic mass is 10.2. The smallest absolute Gasteiger partial charge is 0.261 e. The molecule has 25 heavy (non-hydrogen) atoms. The maximum absolute atomic E-state index is 12.5. The molecule has 1 N–H and O–H groups in total. The first-order valence-corrected chi connectivity index (χ1v) is 9.84. The van der Waals surface area contributed by atoms with E-state index in [0.717, 1.165) is 10.0 Å². The molecule has 4 nitrogen and oxygen atoms in total. The number of rotatable bonds is 5. The first-order chi connectivity index (χ1) is 11.9. The van der Waals surface area contributed by atoms with Crippen LogP contribution in [0.1, 0.15) is 5.56 Å². The van der Waals surface area contributed by atoms with Crippen molar-refractivity contribution >= 4 is 31.6 Å². The van der Waals surface area contributed by atoms with Gasteiger partial charge in [-0.2, -0.15) is 0 Å². The highest BCUT2D eigenvalue weighted by molar-refractivity contribution is 9.10. The van der Waals surface area contributed by atoms with E-state index in [9.17, 15) is 8.42 Å². The number of anilines is 1. The minimum absolute atomic E-state index is 0.180. The van der Waals surface area contributed by atoms with E-state index in [1.807, 2.05) is 43.3 Å². The number of para-hydroxylation sites is 1. The van der Waals surface area contributed by atoms with Crippen LogP contribution in [-0.2, 0) is 10.0 Å². The third kappa shape index (κ3) is 4.41. The van der Waals surface area contributed by atoms with Crippen LogP contribution in [0.4, 0.5) is 5.69 Å². The van der Waals surface area contributed by atoms with Crippen LogP contribution in [0, 0.1) is 6.92 Å². The molecule has 0 aliphatic carbocycles. The molecule has 3 aromatic rings. The summed E-state index contributed by atoms with van der Waals surface area (Å²) in [5.41, 5.74) is 1.43. The molecule has 6 heteroatoms. The summed E-state index contributed by atoms with van der Waals surface area (Å²) in [6, 6.07) is 21.0. The van der Waals surface area contributed by atoms with Gasteiger partial charge < -0.3 is 4.74 Å². The fraction of sp³-hybridized carbons (Fsp3) is 0.0526. The van der Waals surface area contributed by atoms with Crippen LogP contribution >= 0.6 is 15.9 Å². The highest BCUT2D eigenvalue weighted by atomic mass is 79.9. The second-order valence-electron chi connectivity index (χ2n) is 5.45. The van der Waals surface area contributed by atoms with E-state index in [4.69, 9.17) is 4.74 Å². The normalized spacial score (nSPS) is 11.1. The minimum atomic E-state index is -3.64. The van der Waals surface area contributed by atoms with Gasteiger partial charge in [-0.1, -0.05) is 34.1 Å². The lowest BCUT2D eigenvalue weighted by Gasteiger charge is -2.11. The third-order valence-corrected chi connectivity index (χ3v) is 5.48. The van der Waals surface area contributed by atoms with Crippen molar-refractivity contribution in [2.24, 2.45) is 0 Å². The molecule has 0 saturated carbocycles. The van der Waals surface area contributed by atoms with Gasteiger partial charge in [-0.3, -0.25) is 4.72 Å². The predicted molar refractivity (Wildman–Crippen MR) is 103 cm³/mol. The lowest BCUT2D eigenvalue weighted by Crippen LogP contribution is -2.13. The Morgan fingerprint density at radius 2 is 1.40 bits per heavy atom. The number of ether oxygens (including phenoxy) is 1.